The summed E-state index contributed by atoms with van der Waals surface area (Å²) >= 11 is 0. The van der Waals surface area contributed by atoms with E-state index in [1.807, 2.05) is 26.0 Å². The summed E-state index contributed by atoms with van der Waals surface area (Å²) in [6, 6.07) is 6.08. The first-order chi connectivity index (χ1) is 10.7. The molecule has 0 aliphatic carbocycles. The van der Waals surface area contributed by atoms with Gasteiger partial charge in [0, 0.05) is 13.2 Å². The van der Waals surface area contributed by atoms with E-state index in [4.69, 9.17) is 4.74 Å². The number of carbonyl (C=O) groups excluding carboxylic acids is 1. The van der Waals surface area contributed by atoms with Gasteiger partial charge < -0.3 is 10.1 Å². The fourth-order valence-electron chi connectivity index (χ4n) is 2.38. The van der Waals surface area contributed by atoms with Crippen molar-refractivity contribution in [1.29, 1.82) is 0 Å². The fraction of sp³-hybridized carbons (Fsp3) is 0.562. The summed E-state index contributed by atoms with van der Waals surface area (Å²) in [7, 11) is -2.04. The Bertz CT molecular complexity index is 613. The topological polar surface area (TPSA) is 75.7 Å². The van der Waals surface area contributed by atoms with Gasteiger partial charge in [-0.1, -0.05) is 24.6 Å². The Morgan fingerprint density at radius 1 is 1.30 bits per heavy atom. The SMILES string of the molecule is CC[C@H](C(=O)N[C@H](C)COC)N(c1ccc(C)cc1)S(C)(=O)=O. The molecule has 1 N–H and O–H groups in total. The van der Waals surface area contributed by atoms with Crippen molar-refractivity contribution in [2.75, 3.05) is 24.3 Å². The van der Waals surface area contributed by atoms with Crippen LogP contribution in [0, 0.1) is 6.92 Å². The predicted octanol–water partition coefficient (Wildman–Crippen LogP) is 1.69. The Kier molecular flexibility index (Phi) is 7.02. The fourth-order valence-corrected chi connectivity index (χ4v) is 3.59. The number of rotatable bonds is 8. The van der Waals surface area contributed by atoms with Gasteiger partial charge in [0.2, 0.25) is 15.9 Å². The predicted molar refractivity (Wildman–Crippen MR) is 92.1 cm³/mol. The molecule has 0 saturated heterocycles. The van der Waals surface area contributed by atoms with Crippen LogP contribution < -0.4 is 9.62 Å². The van der Waals surface area contributed by atoms with Crippen LogP contribution in [0.3, 0.4) is 0 Å². The molecule has 6 nitrogen and oxygen atoms in total. The summed E-state index contributed by atoms with van der Waals surface area (Å²) in [4.78, 5) is 12.5. The maximum Gasteiger partial charge on any atom is 0.244 e. The number of ether oxygens (including phenoxy) is 1. The van der Waals surface area contributed by atoms with Crippen molar-refractivity contribution >= 4 is 21.6 Å². The van der Waals surface area contributed by atoms with Crippen LogP contribution in [-0.4, -0.2) is 46.4 Å². The average molecular weight is 342 g/mol. The Balaban J connectivity index is 3.13. The van der Waals surface area contributed by atoms with Crippen molar-refractivity contribution in [3.63, 3.8) is 0 Å². The number of aryl methyl sites for hydroxylation is 1. The Morgan fingerprint density at radius 2 is 1.87 bits per heavy atom. The smallest absolute Gasteiger partial charge is 0.244 e. The van der Waals surface area contributed by atoms with Gasteiger partial charge in [-0.15, -0.1) is 0 Å². The number of hydrogen-bond donors (Lipinski definition) is 1. The molecule has 1 rings (SSSR count). The van der Waals surface area contributed by atoms with E-state index in [2.05, 4.69) is 5.32 Å². The number of methoxy groups -OCH3 is 1. The number of anilines is 1. The molecular formula is C16H26N2O4S. The molecule has 0 aromatic heterocycles. The molecule has 0 saturated carbocycles. The summed E-state index contributed by atoms with van der Waals surface area (Å²) in [5.41, 5.74) is 1.51. The van der Waals surface area contributed by atoms with Gasteiger partial charge in [0.1, 0.15) is 6.04 Å². The Labute approximate surface area is 138 Å². The molecule has 0 radical (unpaired) electrons. The monoisotopic (exact) mass is 342 g/mol. The lowest BCUT2D eigenvalue weighted by Crippen LogP contribution is -2.51. The number of sulfonamides is 1. The second-order valence-corrected chi connectivity index (χ2v) is 7.54. The van der Waals surface area contributed by atoms with E-state index >= 15 is 0 Å². The third-order valence-electron chi connectivity index (χ3n) is 3.42. The first-order valence-corrected chi connectivity index (χ1v) is 9.40. The van der Waals surface area contributed by atoms with Crippen molar-refractivity contribution in [1.82, 2.24) is 5.32 Å². The van der Waals surface area contributed by atoms with Gasteiger partial charge in [-0.2, -0.15) is 0 Å². The van der Waals surface area contributed by atoms with Gasteiger partial charge in [0.05, 0.1) is 18.6 Å². The van der Waals surface area contributed by atoms with Crippen molar-refractivity contribution in [3.8, 4) is 0 Å². The van der Waals surface area contributed by atoms with Gasteiger partial charge in [-0.3, -0.25) is 9.10 Å². The molecule has 0 aliphatic rings. The van der Waals surface area contributed by atoms with Crippen molar-refractivity contribution in [2.24, 2.45) is 0 Å². The molecule has 7 heteroatoms. The molecule has 0 unspecified atom stereocenters. The highest BCUT2D eigenvalue weighted by molar-refractivity contribution is 7.92. The zero-order valence-electron chi connectivity index (χ0n) is 14.4. The van der Waals surface area contributed by atoms with Crippen LogP contribution in [0.1, 0.15) is 25.8 Å². The summed E-state index contributed by atoms with van der Waals surface area (Å²) in [6.07, 6.45) is 1.48. The molecule has 0 fully saturated rings. The molecule has 0 spiro atoms. The molecule has 1 amide bonds. The lowest BCUT2D eigenvalue weighted by molar-refractivity contribution is -0.123. The van der Waals surface area contributed by atoms with Crippen LogP contribution in [0.5, 0.6) is 0 Å². The molecule has 1 aromatic carbocycles. The quantitative estimate of drug-likeness (QED) is 0.780. The lowest BCUT2D eigenvalue weighted by Gasteiger charge is -2.31. The maximum absolute atomic E-state index is 12.5. The van der Waals surface area contributed by atoms with Crippen LogP contribution >= 0.6 is 0 Å². The highest BCUT2D eigenvalue weighted by atomic mass is 32.2. The zero-order chi connectivity index (χ0) is 17.6. The normalized spacial score (nSPS) is 14.1. The summed E-state index contributed by atoms with van der Waals surface area (Å²) in [5, 5.41) is 2.80. The third-order valence-corrected chi connectivity index (χ3v) is 4.60. The van der Waals surface area contributed by atoms with E-state index in [0.717, 1.165) is 11.8 Å². The highest BCUT2D eigenvalue weighted by Crippen LogP contribution is 2.23. The van der Waals surface area contributed by atoms with Gasteiger partial charge in [0.25, 0.3) is 0 Å². The van der Waals surface area contributed by atoms with Crippen LogP contribution in [0.4, 0.5) is 5.69 Å². The lowest BCUT2D eigenvalue weighted by atomic mass is 10.1. The number of nitrogens with one attached hydrogen (secondary N) is 1. The number of carbonyl (C=O) groups is 1. The molecule has 23 heavy (non-hydrogen) atoms. The third kappa shape index (κ3) is 5.51. The first-order valence-electron chi connectivity index (χ1n) is 7.56. The van der Waals surface area contributed by atoms with Crippen LogP contribution in [0.15, 0.2) is 24.3 Å². The second kappa shape index (κ2) is 8.31. The molecule has 0 heterocycles. The summed E-state index contributed by atoms with van der Waals surface area (Å²) in [6.45, 7) is 5.89. The summed E-state index contributed by atoms with van der Waals surface area (Å²) < 4.78 is 30.7. The van der Waals surface area contributed by atoms with Gasteiger partial charge in [-0.25, -0.2) is 8.42 Å². The van der Waals surface area contributed by atoms with Crippen molar-refractivity contribution in [2.45, 2.75) is 39.3 Å². The largest absolute Gasteiger partial charge is 0.383 e. The number of amides is 1. The van der Waals surface area contributed by atoms with E-state index in [1.165, 1.54) is 4.31 Å². The Hall–Kier alpha value is -1.60. The number of hydrogen-bond acceptors (Lipinski definition) is 4. The minimum absolute atomic E-state index is 0.194. The van der Waals surface area contributed by atoms with Gasteiger partial charge >= 0.3 is 0 Å². The zero-order valence-corrected chi connectivity index (χ0v) is 15.2. The van der Waals surface area contributed by atoms with E-state index in [9.17, 15) is 13.2 Å². The second-order valence-electron chi connectivity index (χ2n) is 5.68. The minimum atomic E-state index is -3.59. The van der Waals surface area contributed by atoms with Crippen molar-refractivity contribution in [3.05, 3.63) is 29.8 Å². The molecule has 0 bridgehead atoms. The van der Waals surface area contributed by atoms with Crippen LogP contribution in [-0.2, 0) is 19.6 Å². The minimum Gasteiger partial charge on any atom is -0.383 e. The molecule has 0 aliphatic heterocycles. The van der Waals surface area contributed by atoms with Crippen LogP contribution in [0.25, 0.3) is 0 Å². The standard InChI is InChI=1S/C16H26N2O4S/c1-6-15(16(19)17-13(3)11-22-4)18(23(5,20)21)14-9-7-12(2)8-10-14/h7-10,13,15H,6,11H2,1-5H3,(H,17,19)/t13-,15-/m1/s1. The van der Waals surface area contributed by atoms with E-state index in [0.29, 0.717) is 18.7 Å². The maximum atomic E-state index is 12.5. The highest BCUT2D eigenvalue weighted by Gasteiger charge is 2.31. The molecule has 1 aromatic rings. The van der Waals surface area contributed by atoms with Crippen molar-refractivity contribution < 1.29 is 17.9 Å². The van der Waals surface area contributed by atoms with E-state index < -0.39 is 16.1 Å². The number of nitrogens with zero attached hydrogens (tertiary/aromatic N) is 1. The molecule has 130 valence electrons. The summed E-state index contributed by atoms with van der Waals surface area (Å²) in [5.74, 6) is -0.331. The number of benzene rings is 1. The van der Waals surface area contributed by atoms with E-state index in [1.54, 1.807) is 26.2 Å². The average Bonchev–Trinajstić information content (AvgIpc) is 2.44. The molecule has 2 atom stereocenters. The Morgan fingerprint density at radius 3 is 2.30 bits per heavy atom. The van der Waals surface area contributed by atoms with Gasteiger partial charge in [0.15, 0.2) is 0 Å². The van der Waals surface area contributed by atoms with Gasteiger partial charge in [-0.05, 0) is 32.4 Å². The van der Waals surface area contributed by atoms with Crippen LogP contribution in [0.2, 0.25) is 0 Å². The first kappa shape index (κ1) is 19.4. The van der Waals surface area contributed by atoms with E-state index in [-0.39, 0.29) is 11.9 Å². The molecular weight excluding hydrogens is 316 g/mol.